The van der Waals surface area contributed by atoms with Gasteiger partial charge in [0.05, 0.1) is 0 Å². The summed E-state index contributed by atoms with van der Waals surface area (Å²) in [5, 5.41) is 0. The fourth-order valence-electron chi connectivity index (χ4n) is 3.34. The number of benzene rings is 3. The van der Waals surface area contributed by atoms with Crippen molar-refractivity contribution in [3.8, 4) is 11.5 Å². The van der Waals surface area contributed by atoms with Crippen molar-refractivity contribution >= 4 is 0 Å². The van der Waals surface area contributed by atoms with Crippen LogP contribution in [0.25, 0.3) is 0 Å². The lowest BCUT2D eigenvalue weighted by atomic mass is 9.92. The molecule has 4 rings (SSSR count). The molecule has 0 aliphatic carbocycles. The molecule has 0 saturated carbocycles. The average Bonchev–Trinajstić information content (AvgIpc) is 2.98. The van der Waals surface area contributed by atoms with E-state index < -0.39 is 0 Å². The van der Waals surface area contributed by atoms with Crippen molar-refractivity contribution in [2.24, 2.45) is 0 Å². The van der Waals surface area contributed by atoms with Crippen molar-refractivity contribution in [2.45, 2.75) is 32.5 Å². The predicted octanol–water partition coefficient (Wildman–Crippen LogP) is 5.81. The molecule has 0 bridgehead atoms. The Morgan fingerprint density at radius 1 is 0.920 bits per heavy atom. The van der Waals surface area contributed by atoms with Crippen molar-refractivity contribution < 1.29 is 9.47 Å². The minimum atomic E-state index is 0.0694. The number of hydrogen-bond acceptors (Lipinski definition) is 2. The normalized spacial score (nSPS) is 18.5. The molecule has 2 atom stereocenters. The van der Waals surface area contributed by atoms with Crippen LogP contribution in [0.4, 0.5) is 0 Å². The van der Waals surface area contributed by atoms with Crippen LogP contribution >= 0.6 is 0 Å². The van der Waals surface area contributed by atoms with Crippen molar-refractivity contribution in [3.05, 3.63) is 95.1 Å². The van der Waals surface area contributed by atoms with Gasteiger partial charge in [-0.3, -0.25) is 0 Å². The molecule has 0 radical (unpaired) electrons. The van der Waals surface area contributed by atoms with Crippen molar-refractivity contribution in [1.82, 2.24) is 0 Å². The maximum atomic E-state index is 6.21. The Balaban J connectivity index is 1.51. The first-order valence-electron chi connectivity index (χ1n) is 8.74. The van der Waals surface area contributed by atoms with E-state index in [1.54, 1.807) is 0 Å². The molecule has 0 N–H and O–H groups in total. The molecule has 0 fully saturated rings. The van der Waals surface area contributed by atoms with Gasteiger partial charge >= 0.3 is 0 Å². The van der Waals surface area contributed by atoms with Crippen LogP contribution in [0.15, 0.2) is 72.8 Å². The highest BCUT2D eigenvalue weighted by Crippen LogP contribution is 2.46. The van der Waals surface area contributed by atoms with Gasteiger partial charge in [-0.15, -0.1) is 0 Å². The fourth-order valence-corrected chi connectivity index (χ4v) is 3.34. The molecule has 0 spiro atoms. The summed E-state index contributed by atoms with van der Waals surface area (Å²) in [6.45, 7) is 4.90. The van der Waals surface area contributed by atoms with E-state index in [4.69, 9.17) is 9.47 Å². The van der Waals surface area contributed by atoms with Gasteiger partial charge in [0.15, 0.2) is 0 Å². The summed E-state index contributed by atoms with van der Waals surface area (Å²) in [5.74, 6) is 2.16. The van der Waals surface area contributed by atoms with E-state index in [0.717, 1.165) is 11.5 Å². The second kappa shape index (κ2) is 6.64. The SMILES string of the molecule is Cc1ccc([C@@H]2Oc3ccc(OCc4ccccc4)cc3[C@H]2C)cc1. The van der Waals surface area contributed by atoms with Crippen LogP contribution in [0.2, 0.25) is 0 Å². The Hall–Kier alpha value is -2.74. The third kappa shape index (κ3) is 3.25. The van der Waals surface area contributed by atoms with Crippen LogP contribution < -0.4 is 9.47 Å². The van der Waals surface area contributed by atoms with Crippen LogP contribution in [-0.4, -0.2) is 0 Å². The molecule has 0 unspecified atom stereocenters. The maximum Gasteiger partial charge on any atom is 0.130 e. The van der Waals surface area contributed by atoms with Crippen LogP contribution in [0.1, 0.15) is 41.2 Å². The van der Waals surface area contributed by atoms with Gasteiger partial charge in [-0.1, -0.05) is 67.1 Å². The zero-order valence-corrected chi connectivity index (χ0v) is 14.6. The second-order valence-corrected chi connectivity index (χ2v) is 6.71. The Morgan fingerprint density at radius 2 is 1.68 bits per heavy atom. The molecule has 0 amide bonds. The van der Waals surface area contributed by atoms with Gasteiger partial charge in [0.25, 0.3) is 0 Å². The fraction of sp³-hybridized carbons (Fsp3) is 0.217. The van der Waals surface area contributed by atoms with Crippen LogP contribution in [0.3, 0.4) is 0 Å². The van der Waals surface area contributed by atoms with E-state index in [1.807, 2.05) is 30.3 Å². The summed E-state index contributed by atoms with van der Waals surface area (Å²) in [4.78, 5) is 0. The van der Waals surface area contributed by atoms with Crippen molar-refractivity contribution in [3.63, 3.8) is 0 Å². The molecular weight excluding hydrogens is 308 g/mol. The summed E-state index contributed by atoms with van der Waals surface area (Å²) >= 11 is 0. The van der Waals surface area contributed by atoms with Gasteiger partial charge in [0.2, 0.25) is 0 Å². The molecule has 2 nitrogen and oxygen atoms in total. The minimum absolute atomic E-state index is 0.0694. The van der Waals surface area contributed by atoms with Gasteiger partial charge in [0.1, 0.15) is 24.2 Å². The van der Waals surface area contributed by atoms with Crippen LogP contribution in [0.5, 0.6) is 11.5 Å². The summed E-state index contributed by atoms with van der Waals surface area (Å²) in [5.41, 5.74) is 4.88. The Bertz CT molecular complexity index is 853. The topological polar surface area (TPSA) is 18.5 Å². The summed E-state index contributed by atoms with van der Waals surface area (Å²) in [6.07, 6.45) is 0.0694. The quantitative estimate of drug-likeness (QED) is 0.601. The largest absolute Gasteiger partial charge is 0.489 e. The molecule has 1 aliphatic heterocycles. The van der Waals surface area contributed by atoms with Crippen LogP contribution in [0, 0.1) is 6.92 Å². The minimum Gasteiger partial charge on any atom is -0.489 e. The third-order valence-corrected chi connectivity index (χ3v) is 4.83. The smallest absolute Gasteiger partial charge is 0.130 e. The number of aryl methyl sites for hydroxylation is 1. The van der Waals surface area contributed by atoms with Crippen LogP contribution in [-0.2, 0) is 6.61 Å². The zero-order chi connectivity index (χ0) is 17.2. The molecule has 2 heteroatoms. The molecule has 126 valence electrons. The highest BCUT2D eigenvalue weighted by atomic mass is 16.5. The molecule has 25 heavy (non-hydrogen) atoms. The van der Waals surface area contributed by atoms with E-state index in [9.17, 15) is 0 Å². The third-order valence-electron chi connectivity index (χ3n) is 4.83. The molecule has 3 aromatic rings. The van der Waals surface area contributed by atoms with Crippen molar-refractivity contribution in [2.75, 3.05) is 0 Å². The second-order valence-electron chi connectivity index (χ2n) is 6.71. The van der Waals surface area contributed by atoms with E-state index in [0.29, 0.717) is 12.5 Å². The van der Waals surface area contributed by atoms with Gasteiger partial charge in [-0.25, -0.2) is 0 Å². The summed E-state index contributed by atoms with van der Waals surface area (Å²) in [6, 6.07) is 25.0. The molecule has 1 heterocycles. The first-order chi connectivity index (χ1) is 12.2. The van der Waals surface area contributed by atoms with E-state index >= 15 is 0 Å². The number of fused-ring (bicyclic) bond motifs is 1. The lowest BCUT2D eigenvalue weighted by molar-refractivity contribution is 0.216. The Labute approximate surface area is 149 Å². The highest BCUT2D eigenvalue weighted by molar-refractivity contribution is 5.47. The van der Waals surface area contributed by atoms with E-state index in [-0.39, 0.29) is 6.10 Å². The lowest BCUT2D eigenvalue weighted by Gasteiger charge is -2.16. The first-order valence-corrected chi connectivity index (χ1v) is 8.74. The average molecular weight is 330 g/mol. The summed E-state index contributed by atoms with van der Waals surface area (Å²) in [7, 11) is 0. The van der Waals surface area contributed by atoms with E-state index in [2.05, 4.69) is 56.3 Å². The summed E-state index contributed by atoms with van der Waals surface area (Å²) < 4.78 is 12.2. The Kier molecular flexibility index (Phi) is 4.19. The standard InChI is InChI=1S/C23H22O2/c1-16-8-10-19(11-9-16)23-17(2)21-14-20(12-13-22(21)25-23)24-15-18-6-4-3-5-7-18/h3-14,17,23H,15H2,1-2H3/t17-,23-/m1/s1. The van der Waals surface area contributed by atoms with Gasteiger partial charge in [-0.05, 0) is 36.2 Å². The Morgan fingerprint density at radius 3 is 2.44 bits per heavy atom. The van der Waals surface area contributed by atoms with Gasteiger partial charge < -0.3 is 9.47 Å². The molecule has 3 aromatic carbocycles. The maximum absolute atomic E-state index is 6.21. The van der Waals surface area contributed by atoms with Gasteiger partial charge in [-0.2, -0.15) is 0 Å². The number of ether oxygens (including phenoxy) is 2. The first kappa shape index (κ1) is 15.8. The number of hydrogen-bond donors (Lipinski definition) is 0. The van der Waals surface area contributed by atoms with Gasteiger partial charge in [0, 0.05) is 11.5 Å². The highest BCUT2D eigenvalue weighted by Gasteiger charge is 2.32. The van der Waals surface area contributed by atoms with Crippen molar-refractivity contribution in [1.29, 1.82) is 0 Å². The lowest BCUT2D eigenvalue weighted by Crippen LogP contribution is -2.07. The van der Waals surface area contributed by atoms with E-state index in [1.165, 1.54) is 22.3 Å². The zero-order valence-electron chi connectivity index (χ0n) is 14.6. The monoisotopic (exact) mass is 330 g/mol. The molecule has 0 saturated heterocycles. The molecular formula is C23H22O2. The molecule has 1 aliphatic rings. The molecule has 0 aromatic heterocycles. The predicted molar refractivity (Wildman–Crippen MR) is 100 cm³/mol. The number of rotatable bonds is 4.